The molecule has 1 N–H and O–H groups in total. The van der Waals surface area contributed by atoms with Gasteiger partial charge in [-0.2, -0.15) is 14.6 Å². The third-order valence-corrected chi connectivity index (χ3v) is 4.39. The van der Waals surface area contributed by atoms with Gasteiger partial charge in [0.15, 0.2) is 0 Å². The second-order valence-corrected chi connectivity index (χ2v) is 6.88. The molecule has 28 heavy (non-hydrogen) atoms. The smallest absolute Gasteiger partial charge is 0.254 e. The van der Waals surface area contributed by atoms with Gasteiger partial charge in [-0.15, -0.1) is 0 Å². The summed E-state index contributed by atoms with van der Waals surface area (Å²) < 4.78 is 15.7. The Morgan fingerprint density at radius 1 is 1.07 bits per heavy atom. The van der Waals surface area contributed by atoms with Crippen LogP contribution in [0.3, 0.4) is 0 Å². The summed E-state index contributed by atoms with van der Waals surface area (Å²) in [6, 6.07) is 17.1. The number of rotatable bonds is 6. The van der Waals surface area contributed by atoms with Crippen LogP contribution in [0.1, 0.15) is 11.1 Å². The Labute approximate surface area is 162 Å². The van der Waals surface area contributed by atoms with Gasteiger partial charge in [-0.3, -0.25) is 0 Å². The van der Waals surface area contributed by atoms with Crippen LogP contribution in [-0.2, 0) is 13.1 Å². The van der Waals surface area contributed by atoms with Gasteiger partial charge in [-0.05, 0) is 31.8 Å². The zero-order valence-corrected chi connectivity index (χ0v) is 15.8. The highest BCUT2D eigenvalue weighted by molar-refractivity contribution is 5.65. The summed E-state index contributed by atoms with van der Waals surface area (Å²) in [5, 5.41) is 7.64. The van der Waals surface area contributed by atoms with Gasteiger partial charge in [0, 0.05) is 30.3 Å². The van der Waals surface area contributed by atoms with Crippen LogP contribution in [0.15, 0.2) is 60.9 Å². The van der Waals surface area contributed by atoms with Crippen LogP contribution in [0.2, 0.25) is 0 Å². The fraction of sp³-hybridized carbons (Fsp3) is 0.190. The van der Waals surface area contributed by atoms with Crippen molar-refractivity contribution >= 4 is 11.6 Å². The van der Waals surface area contributed by atoms with Crippen molar-refractivity contribution in [3.63, 3.8) is 0 Å². The van der Waals surface area contributed by atoms with E-state index in [1.807, 2.05) is 61.5 Å². The third-order valence-electron chi connectivity index (χ3n) is 4.39. The molecule has 0 fully saturated rings. The monoisotopic (exact) mass is 376 g/mol. The first-order chi connectivity index (χ1) is 13.6. The van der Waals surface area contributed by atoms with Crippen molar-refractivity contribution in [2.75, 3.05) is 19.4 Å². The van der Waals surface area contributed by atoms with E-state index in [-0.39, 0.29) is 5.82 Å². The predicted molar refractivity (Wildman–Crippen MR) is 107 cm³/mol. The molecule has 142 valence electrons. The number of benzene rings is 2. The van der Waals surface area contributed by atoms with Crippen molar-refractivity contribution in [2.24, 2.45) is 0 Å². The highest BCUT2D eigenvalue weighted by Gasteiger charge is 2.10. The topological polar surface area (TPSA) is 58.3 Å². The summed E-state index contributed by atoms with van der Waals surface area (Å²) in [6.45, 7) is 1.09. The van der Waals surface area contributed by atoms with Crippen LogP contribution in [0, 0.1) is 5.82 Å². The van der Waals surface area contributed by atoms with Crippen molar-refractivity contribution in [1.29, 1.82) is 0 Å². The fourth-order valence-corrected chi connectivity index (χ4v) is 3.09. The van der Waals surface area contributed by atoms with Crippen LogP contribution >= 0.6 is 0 Å². The van der Waals surface area contributed by atoms with Gasteiger partial charge >= 0.3 is 0 Å². The molecule has 0 spiro atoms. The van der Waals surface area contributed by atoms with Crippen molar-refractivity contribution in [3.05, 3.63) is 77.9 Å². The molecule has 2 heterocycles. The van der Waals surface area contributed by atoms with Crippen LogP contribution < -0.4 is 5.32 Å². The molecule has 0 aliphatic carbocycles. The number of anilines is 1. The lowest BCUT2D eigenvalue weighted by atomic mass is 10.1. The molecule has 0 aliphatic heterocycles. The van der Waals surface area contributed by atoms with Gasteiger partial charge in [-0.1, -0.05) is 36.4 Å². The molecule has 4 rings (SSSR count). The molecule has 7 heteroatoms. The first-order valence-corrected chi connectivity index (χ1v) is 9.02. The fourth-order valence-electron chi connectivity index (χ4n) is 3.09. The van der Waals surface area contributed by atoms with Gasteiger partial charge in [0.2, 0.25) is 0 Å². The maximum absolute atomic E-state index is 14.0. The van der Waals surface area contributed by atoms with E-state index >= 15 is 0 Å². The van der Waals surface area contributed by atoms with Crippen LogP contribution in [0.4, 0.5) is 10.2 Å². The third kappa shape index (κ3) is 3.84. The minimum Gasteiger partial charge on any atom is -0.366 e. The summed E-state index contributed by atoms with van der Waals surface area (Å²) in [7, 11) is 3.85. The second-order valence-electron chi connectivity index (χ2n) is 6.88. The number of nitrogens with one attached hydrogen (secondary N) is 1. The van der Waals surface area contributed by atoms with E-state index < -0.39 is 0 Å². The Morgan fingerprint density at radius 3 is 2.68 bits per heavy atom. The number of fused-ring (bicyclic) bond motifs is 1. The second kappa shape index (κ2) is 7.74. The molecule has 0 aliphatic rings. The lowest BCUT2D eigenvalue weighted by molar-refractivity contribution is 0.392. The first kappa shape index (κ1) is 18.1. The summed E-state index contributed by atoms with van der Waals surface area (Å²) in [5.41, 5.74) is 3.49. The van der Waals surface area contributed by atoms with Gasteiger partial charge in [0.05, 0.1) is 5.69 Å². The average Bonchev–Trinajstić information content (AvgIpc) is 3.17. The van der Waals surface area contributed by atoms with Gasteiger partial charge in [0.25, 0.3) is 5.78 Å². The number of hydrogen-bond donors (Lipinski definition) is 1. The normalized spacial score (nSPS) is 11.3. The Kier molecular flexibility index (Phi) is 4.99. The minimum atomic E-state index is -0.189. The molecule has 4 aromatic rings. The Hall–Kier alpha value is -3.32. The summed E-state index contributed by atoms with van der Waals surface area (Å²) in [5.74, 6) is 1.11. The number of halogens is 1. The molecule has 0 unspecified atom stereocenters. The van der Waals surface area contributed by atoms with Gasteiger partial charge in [-0.25, -0.2) is 9.37 Å². The van der Waals surface area contributed by atoms with E-state index in [1.54, 1.807) is 10.6 Å². The molecule has 0 atom stereocenters. The van der Waals surface area contributed by atoms with Crippen molar-refractivity contribution < 1.29 is 4.39 Å². The lowest BCUT2D eigenvalue weighted by Crippen LogP contribution is -2.13. The van der Waals surface area contributed by atoms with E-state index in [4.69, 9.17) is 0 Å². The van der Waals surface area contributed by atoms with Gasteiger partial charge < -0.3 is 10.2 Å². The largest absolute Gasteiger partial charge is 0.366 e. The zero-order valence-electron chi connectivity index (χ0n) is 15.8. The van der Waals surface area contributed by atoms with Crippen LogP contribution in [-0.4, -0.2) is 38.6 Å². The first-order valence-electron chi connectivity index (χ1n) is 9.02. The van der Waals surface area contributed by atoms with Crippen molar-refractivity contribution in [3.8, 4) is 11.3 Å². The molecule has 0 saturated heterocycles. The minimum absolute atomic E-state index is 0.189. The van der Waals surface area contributed by atoms with Gasteiger partial charge in [0.1, 0.15) is 18.0 Å². The van der Waals surface area contributed by atoms with E-state index in [9.17, 15) is 4.39 Å². The number of nitrogens with zero attached hydrogens (tertiary/aromatic N) is 5. The van der Waals surface area contributed by atoms with Crippen molar-refractivity contribution in [1.82, 2.24) is 24.5 Å². The molecular formula is C21H21FN6. The highest BCUT2D eigenvalue weighted by atomic mass is 19.1. The maximum atomic E-state index is 14.0. The summed E-state index contributed by atoms with van der Waals surface area (Å²) in [6.07, 6.45) is 1.48. The lowest BCUT2D eigenvalue weighted by Gasteiger charge is -2.13. The molecule has 6 nitrogen and oxygen atoms in total. The zero-order chi connectivity index (χ0) is 19.5. The molecular weight excluding hydrogens is 355 g/mol. The molecule has 2 aromatic heterocycles. The number of hydrogen-bond acceptors (Lipinski definition) is 5. The van der Waals surface area contributed by atoms with E-state index in [0.29, 0.717) is 24.4 Å². The van der Waals surface area contributed by atoms with E-state index in [0.717, 1.165) is 22.6 Å². The Bertz CT molecular complexity index is 1090. The van der Waals surface area contributed by atoms with Crippen LogP contribution in [0.5, 0.6) is 0 Å². The van der Waals surface area contributed by atoms with Crippen LogP contribution in [0.25, 0.3) is 17.0 Å². The SMILES string of the molecule is CN(C)Cc1cc(CNc2cc(-c3ccccc3)nc3ncnn23)ccc1F. The molecule has 0 radical (unpaired) electrons. The molecule has 2 aromatic carbocycles. The standard InChI is InChI=1S/C21H21FN6/c1-27(2)13-17-10-15(8-9-18(17)22)12-23-20-11-19(16-6-4-3-5-7-16)26-21-24-14-25-28(20)21/h3-11,14,23H,12-13H2,1-2H3. The predicted octanol–water partition coefficient (Wildman–Crippen LogP) is 3.60. The molecule has 0 amide bonds. The maximum Gasteiger partial charge on any atom is 0.254 e. The van der Waals surface area contributed by atoms with E-state index in [2.05, 4.69) is 20.4 Å². The summed E-state index contributed by atoms with van der Waals surface area (Å²) in [4.78, 5) is 10.7. The Morgan fingerprint density at radius 2 is 1.89 bits per heavy atom. The quantitative estimate of drug-likeness (QED) is 0.557. The molecule has 0 bridgehead atoms. The average molecular weight is 376 g/mol. The molecule has 0 saturated carbocycles. The highest BCUT2D eigenvalue weighted by Crippen LogP contribution is 2.22. The van der Waals surface area contributed by atoms with Crippen molar-refractivity contribution in [2.45, 2.75) is 13.1 Å². The number of aromatic nitrogens is 4. The Balaban J connectivity index is 1.62. The summed E-state index contributed by atoms with van der Waals surface area (Å²) >= 11 is 0. The van der Waals surface area contributed by atoms with E-state index in [1.165, 1.54) is 12.4 Å².